The summed E-state index contributed by atoms with van der Waals surface area (Å²) in [6.07, 6.45) is 0. The Balaban J connectivity index is 0. The van der Waals surface area contributed by atoms with E-state index in [9.17, 15) is 47.2 Å². The van der Waals surface area contributed by atoms with Crippen molar-refractivity contribution in [3.05, 3.63) is 259 Å². The van der Waals surface area contributed by atoms with Crippen molar-refractivity contribution in [3.8, 4) is 0 Å². The molecular formula is C68H78Li2Na2O14P6+4. The number of aryl methyl sites for hydroxylation is 12. The predicted octanol–water partition coefficient (Wildman–Crippen LogP) is 2.65. The van der Waals surface area contributed by atoms with E-state index in [0.29, 0.717) is 44.0 Å². The predicted molar refractivity (Wildman–Crippen MR) is 359 cm³/mol. The molecule has 0 saturated carbocycles. The van der Waals surface area contributed by atoms with Gasteiger partial charge in [-0.15, -0.1) is 0 Å². The van der Waals surface area contributed by atoms with Crippen LogP contribution in [0.3, 0.4) is 0 Å². The third-order valence-electron chi connectivity index (χ3n) is 13.6. The van der Waals surface area contributed by atoms with Crippen molar-refractivity contribution in [2.45, 2.75) is 96.9 Å². The van der Waals surface area contributed by atoms with E-state index in [2.05, 4.69) is 0 Å². The van der Waals surface area contributed by atoms with Crippen molar-refractivity contribution >= 4 is 90.9 Å². The summed E-state index contributed by atoms with van der Waals surface area (Å²) in [6.45, 7) is 26.3. The molecule has 6 atom stereocenters. The van der Waals surface area contributed by atoms with E-state index in [0.717, 1.165) is 44.5 Å². The van der Waals surface area contributed by atoms with Gasteiger partial charge < -0.3 is 28.0 Å². The topological polar surface area (TPSA) is 235 Å². The molecule has 0 aliphatic heterocycles. The Morgan fingerprint density at radius 1 is 0.359 bits per heavy atom. The molecule has 0 fully saturated rings. The molecular weight excluding hydrogens is 1290 g/mol. The second-order valence-corrected chi connectivity index (χ2v) is 29.3. The minimum atomic E-state index is -4.32. The summed E-state index contributed by atoms with van der Waals surface area (Å²) in [5, 5.41) is 1.01. The van der Waals surface area contributed by atoms with E-state index < -0.39 is 69.7 Å². The molecule has 0 aliphatic rings. The number of carbonyl (C=O) groups excluding carboxylic acids is 4. The molecule has 8 aromatic rings. The fraction of sp³-hybridized carbons (Fsp3) is 0.235. The SMILES string of the molecule is CCOP(=O)(C(=O)c1c(C)cc(C)cc1C)c1ccccc1.CCOP(=O)(C(=O)c1c(C)cc(C)cc1C)c1ccccc1.Cc1cc(C)c(C(=O)P(=O)([O-])c2ccccc2)c(C)c1.Cc1cc(C)c(C(=O)P(=O)([O-])c2ccccc2)c(C)c1.[3H][PH+]=O.[3H][PH+]=O.[Li+].[Li+].[Na+].[Na+]. The zero-order valence-electron chi connectivity index (χ0n) is 58.1. The van der Waals surface area contributed by atoms with Crippen LogP contribution in [0.5, 0.6) is 0 Å². The molecule has 0 aliphatic carbocycles. The van der Waals surface area contributed by atoms with Gasteiger partial charge in [-0.3, -0.25) is 28.3 Å². The van der Waals surface area contributed by atoms with Crippen molar-refractivity contribution in [2.75, 3.05) is 13.2 Å². The van der Waals surface area contributed by atoms with Crippen molar-refractivity contribution in [1.29, 1.82) is 2.56 Å². The first-order valence-electron chi connectivity index (χ1n) is 28.7. The van der Waals surface area contributed by atoms with Crippen LogP contribution in [-0.4, -0.2) is 37.9 Å². The van der Waals surface area contributed by atoms with Gasteiger partial charge in [0, 0.05) is 43.5 Å². The molecule has 0 N–H and O–H groups in total. The van der Waals surface area contributed by atoms with Gasteiger partial charge in [-0.2, -0.15) is 0 Å². The second-order valence-electron chi connectivity index (χ2n) is 20.7. The summed E-state index contributed by atoms with van der Waals surface area (Å²) in [6, 6.07) is 48.2. The van der Waals surface area contributed by atoms with Crippen LogP contribution < -0.4 is 128 Å². The molecule has 464 valence electrons. The average Bonchev–Trinajstić information content (AvgIpc) is 0.806. The normalized spacial score (nSPS) is 13.0. The van der Waals surface area contributed by atoms with Crippen LogP contribution in [0.25, 0.3) is 0 Å². The third-order valence-corrected chi connectivity index (χ3v) is 21.8. The van der Waals surface area contributed by atoms with E-state index in [1.807, 2.05) is 116 Å². The Hall–Kier alpha value is -3.41. The second kappa shape index (κ2) is 42.3. The molecule has 0 saturated heterocycles. The van der Waals surface area contributed by atoms with Crippen LogP contribution in [0.4, 0.5) is 0 Å². The van der Waals surface area contributed by atoms with Crippen LogP contribution >= 0.6 is 47.6 Å². The molecule has 92 heavy (non-hydrogen) atoms. The van der Waals surface area contributed by atoms with Gasteiger partial charge in [-0.25, -0.2) is 0 Å². The largest absolute Gasteiger partial charge is 1.00 e. The average molecular weight is 1370 g/mol. The van der Waals surface area contributed by atoms with Gasteiger partial charge >= 0.3 is 132 Å². The number of rotatable bonds is 16. The molecule has 8 aromatic carbocycles. The molecule has 0 spiro atoms. The maximum Gasteiger partial charge on any atom is 1.00 e. The third kappa shape index (κ3) is 23.4. The van der Waals surface area contributed by atoms with E-state index in [1.165, 1.54) is 24.3 Å². The van der Waals surface area contributed by atoms with Crippen LogP contribution in [0.1, 0.15) is 122 Å². The Kier molecular flexibility index (Phi) is 39.8. The van der Waals surface area contributed by atoms with Gasteiger partial charge in [0.05, 0.1) is 13.2 Å². The van der Waals surface area contributed by atoms with Crippen LogP contribution in [0.2, 0.25) is 0 Å². The molecule has 6 unspecified atom stereocenters. The van der Waals surface area contributed by atoms with Crippen LogP contribution in [-0.2, 0) is 36.4 Å². The molecule has 24 heteroatoms. The van der Waals surface area contributed by atoms with E-state index in [4.69, 9.17) is 20.7 Å². The molecule has 0 amide bonds. The Bertz CT molecular complexity index is 3710. The molecule has 8 rings (SSSR count). The first-order valence-corrected chi connectivity index (χ1v) is 35.0. The summed E-state index contributed by atoms with van der Waals surface area (Å²) in [5.41, 5.74) is 9.42. The van der Waals surface area contributed by atoms with Gasteiger partial charge in [0.15, 0.2) is 0 Å². The van der Waals surface area contributed by atoms with E-state index in [1.54, 1.807) is 126 Å². The number of carbonyl (C=O) groups is 4. The Labute approximate surface area is 618 Å². The van der Waals surface area contributed by atoms with Gasteiger partial charge in [0.25, 0.3) is 11.0 Å². The van der Waals surface area contributed by atoms with Gasteiger partial charge in [-0.1, -0.05) is 177 Å². The van der Waals surface area contributed by atoms with Gasteiger partial charge in [0.1, 0.15) is 14.7 Å². The van der Waals surface area contributed by atoms with Gasteiger partial charge in [0.2, 0.25) is 11.0 Å². The van der Waals surface area contributed by atoms with Crippen molar-refractivity contribution in [2.24, 2.45) is 0 Å². The zero-order chi connectivity index (χ0) is 67.9. The molecule has 0 aromatic heterocycles. The summed E-state index contributed by atoms with van der Waals surface area (Å²) >= 11 is 0. The molecule has 0 radical (unpaired) electrons. The number of hydrogen-bond acceptors (Lipinski definition) is 14. The van der Waals surface area contributed by atoms with Crippen molar-refractivity contribution in [3.63, 3.8) is 0 Å². The zero-order valence-corrected chi connectivity index (χ0v) is 65.7. The number of benzene rings is 8. The summed E-state index contributed by atoms with van der Waals surface area (Å²) in [5.74, 6) is 0. The van der Waals surface area contributed by atoms with Crippen LogP contribution in [0, 0.1) is 83.1 Å². The van der Waals surface area contributed by atoms with Gasteiger partial charge in [-0.05, 0) is 166 Å². The minimum absolute atomic E-state index is 0. The fourth-order valence-electron chi connectivity index (χ4n) is 10.3. The maximum atomic E-state index is 13.3. The smallest absolute Gasteiger partial charge is 0.790 e. The summed E-state index contributed by atoms with van der Waals surface area (Å²) in [4.78, 5) is 75.7. The molecule has 14 nitrogen and oxygen atoms in total. The standard InChI is InChI=1S/2C18H21O3P.2C16H17O3P.2Li.2Na.2H2OP/c2*1-5-21-22(20,16-9-7-6-8-10-16)18(19)17-14(3)11-13(2)12-15(17)4;2*1-11-9-12(2)15(13(3)10-11)16(17)20(18,19)14-7-5-4-6-8-14;;;;;2*1-2/h2*6-12H,5H2,1-4H3;2*4-10H,1-3H3,(H,18,19);;;;;2*2H2/q;;;;6*+1/p-2/i;;;;;;;;2*2T. The first-order chi connectivity index (χ1) is 42.3. The minimum Gasteiger partial charge on any atom is -0.790 e. The van der Waals surface area contributed by atoms with Crippen LogP contribution in [0.15, 0.2) is 170 Å². The van der Waals surface area contributed by atoms with E-state index >= 15 is 0 Å². The Morgan fingerprint density at radius 3 is 0.696 bits per heavy atom. The van der Waals surface area contributed by atoms with Crippen molar-refractivity contribution in [1.82, 2.24) is 0 Å². The molecule has 0 heterocycles. The first kappa shape index (κ1) is 86.6. The summed E-state index contributed by atoms with van der Waals surface area (Å²) < 4.78 is 91.0. The fourth-order valence-corrected chi connectivity index (χ4v) is 17.3. The molecule has 0 bridgehead atoms. The maximum absolute atomic E-state index is 13.3. The monoisotopic (exact) mass is 1370 g/mol. The summed E-state index contributed by atoms with van der Waals surface area (Å²) in [7, 11) is -17.6. The number of hydrogen-bond donors (Lipinski definition) is 0. The van der Waals surface area contributed by atoms with Crippen molar-refractivity contribution < 1.29 is 162 Å². The quantitative estimate of drug-likeness (QED) is 0.100. The van der Waals surface area contributed by atoms with E-state index in [-0.39, 0.29) is 132 Å². The Morgan fingerprint density at radius 2 is 0.522 bits per heavy atom.